The predicted octanol–water partition coefficient (Wildman–Crippen LogP) is 5.62. The van der Waals surface area contributed by atoms with Crippen LogP contribution in [0.25, 0.3) is 0 Å². The Morgan fingerprint density at radius 1 is 0.958 bits per heavy atom. The van der Waals surface area contributed by atoms with Gasteiger partial charge in [-0.1, -0.05) is 38.3 Å². The average molecular weight is 352 g/mol. The minimum atomic E-state index is -3.45. The van der Waals surface area contributed by atoms with E-state index < -0.39 is 7.60 Å². The molecule has 2 rings (SSSR count). The molecule has 0 aromatic rings. The molecule has 1 N–H and O–H groups in total. The molecule has 5 heteroatoms. The number of allylic oxidation sites excluding steroid dienone is 8. The number of ether oxygens (including phenoxy) is 1. The van der Waals surface area contributed by atoms with Gasteiger partial charge in [-0.2, -0.15) is 0 Å². The Labute approximate surface area is 145 Å². The lowest BCUT2D eigenvalue weighted by Crippen LogP contribution is -2.04. The largest absolute Gasteiger partial charge is 0.498 e. The Morgan fingerprint density at radius 3 is 2.08 bits per heavy atom. The quantitative estimate of drug-likeness (QED) is 0.432. The van der Waals surface area contributed by atoms with Gasteiger partial charge in [0.15, 0.2) is 0 Å². The molecule has 0 aromatic carbocycles. The number of hydrogen-bond donors (Lipinski definition) is 1. The molecule has 0 amide bonds. The van der Waals surface area contributed by atoms with Gasteiger partial charge in [-0.05, 0) is 42.6 Å². The molecule has 0 aromatic heterocycles. The summed E-state index contributed by atoms with van der Waals surface area (Å²) >= 11 is 0. The summed E-state index contributed by atoms with van der Waals surface area (Å²) in [4.78, 5) is 9.27. The Bertz CT molecular complexity index is 592. The molecule has 24 heavy (non-hydrogen) atoms. The van der Waals surface area contributed by atoms with Crippen LogP contribution in [0.5, 0.6) is 0 Å². The van der Waals surface area contributed by atoms with Gasteiger partial charge in [0.2, 0.25) is 0 Å². The molecule has 2 aliphatic carbocycles. The highest BCUT2D eigenvalue weighted by Crippen LogP contribution is 2.42. The minimum Gasteiger partial charge on any atom is -0.498 e. The van der Waals surface area contributed by atoms with Gasteiger partial charge >= 0.3 is 7.60 Å². The zero-order chi connectivity index (χ0) is 17.4. The fourth-order valence-corrected chi connectivity index (χ4v) is 3.50. The molecule has 0 radical (unpaired) electrons. The van der Waals surface area contributed by atoms with Crippen LogP contribution in [-0.4, -0.2) is 18.2 Å². The third-order valence-electron chi connectivity index (χ3n) is 4.21. The first-order valence-electron chi connectivity index (χ1n) is 8.90. The van der Waals surface area contributed by atoms with Crippen molar-refractivity contribution < 1.29 is 18.7 Å². The molecule has 1 atom stereocenters. The van der Waals surface area contributed by atoms with Crippen molar-refractivity contribution in [3.8, 4) is 0 Å². The normalized spacial score (nSPS) is 20.3. The fourth-order valence-electron chi connectivity index (χ4n) is 2.92. The van der Waals surface area contributed by atoms with Crippen LogP contribution in [0.15, 0.2) is 47.0 Å². The summed E-state index contributed by atoms with van der Waals surface area (Å²) in [5.41, 5.74) is 2.61. The van der Waals surface area contributed by atoms with Crippen molar-refractivity contribution in [2.75, 3.05) is 13.3 Å². The monoisotopic (exact) mass is 352 g/mol. The van der Waals surface area contributed by atoms with Gasteiger partial charge in [0.25, 0.3) is 0 Å². The van der Waals surface area contributed by atoms with Gasteiger partial charge in [-0.15, -0.1) is 0 Å². The van der Waals surface area contributed by atoms with Crippen molar-refractivity contribution in [3.63, 3.8) is 0 Å². The van der Waals surface area contributed by atoms with Crippen LogP contribution in [0.3, 0.4) is 0 Å². The Kier molecular flexibility index (Phi) is 7.39. The molecule has 0 saturated carbocycles. The molecule has 0 heterocycles. The topological polar surface area (TPSA) is 55.8 Å². The first-order valence-corrected chi connectivity index (χ1v) is 10.9. The van der Waals surface area contributed by atoms with E-state index in [1.807, 2.05) is 12.2 Å². The Hall–Kier alpha value is -1.25. The van der Waals surface area contributed by atoms with Crippen molar-refractivity contribution in [1.29, 1.82) is 0 Å². The zero-order valence-electron chi connectivity index (χ0n) is 14.8. The smallest absolute Gasteiger partial charge is 0.373 e. The van der Waals surface area contributed by atoms with E-state index in [0.717, 1.165) is 38.0 Å². The van der Waals surface area contributed by atoms with Crippen LogP contribution < -0.4 is 0 Å². The maximum absolute atomic E-state index is 11.3. The molecule has 134 valence electrons. The molecule has 0 saturated heterocycles. The lowest BCUT2D eigenvalue weighted by molar-refractivity contribution is 0.195. The fraction of sp³-hybridized carbons (Fsp3) is 0.579. The van der Waals surface area contributed by atoms with Crippen molar-refractivity contribution in [1.82, 2.24) is 0 Å². The van der Waals surface area contributed by atoms with E-state index in [1.165, 1.54) is 37.1 Å². The van der Waals surface area contributed by atoms with Crippen molar-refractivity contribution in [2.45, 2.75) is 58.3 Å². The van der Waals surface area contributed by atoms with E-state index in [4.69, 9.17) is 9.26 Å². The van der Waals surface area contributed by atoms with Crippen LogP contribution in [0, 0.1) is 0 Å². The van der Waals surface area contributed by atoms with Gasteiger partial charge in [0, 0.05) is 19.5 Å². The lowest BCUT2D eigenvalue weighted by Gasteiger charge is -2.21. The summed E-state index contributed by atoms with van der Waals surface area (Å²) in [6, 6.07) is 0. The number of rotatable bonds is 9. The standard InChI is InChI=1S/C19H29O4P/c1-3-4-5-6-15-22-18-11-7-16(8-12-18)17-9-13-19(14-10-17)23-24(2,20)21/h7,9,11,13H,3-6,8,10,12,14-15H2,1-2H3,(H,20,21). The summed E-state index contributed by atoms with van der Waals surface area (Å²) in [5.74, 6) is 1.67. The minimum absolute atomic E-state index is 0.593. The predicted molar refractivity (Wildman–Crippen MR) is 97.7 cm³/mol. The molecular weight excluding hydrogens is 323 g/mol. The van der Waals surface area contributed by atoms with E-state index in [2.05, 4.69) is 19.1 Å². The zero-order valence-corrected chi connectivity index (χ0v) is 15.7. The average Bonchev–Trinajstić information content (AvgIpc) is 2.55. The van der Waals surface area contributed by atoms with Crippen molar-refractivity contribution in [3.05, 3.63) is 47.0 Å². The maximum Gasteiger partial charge on any atom is 0.373 e. The molecule has 0 bridgehead atoms. The maximum atomic E-state index is 11.3. The molecule has 2 aliphatic rings. The summed E-state index contributed by atoms with van der Waals surface area (Å²) in [5, 5.41) is 0. The van der Waals surface area contributed by atoms with E-state index in [-0.39, 0.29) is 0 Å². The Balaban J connectivity index is 1.84. The molecule has 0 spiro atoms. The van der Waals surface area contributed by atoms with Crippen LogP contribution in [-0.2, 0) is 13.8 Å². The highest BCUT2D eigenvalue weighted by Gasteiger charge is 2.18. The summed E-state index contributed by atoms with van der Waals surface area (Å²) < 4.78 is 22.2. The molecule has 1 unspecified atom stereocenters. The van der Waals surface area contributed by atoms with Crippen molar-refractivity contribution >= 4 is 7.60 Å². The second-order valence-corrected chi connectivity index (χ2v) is 8.24. The third-order valence-corrected chi connectivity index (χ3v) is 4.78. The van der Waals surface area contributed by atoms with Gasteiger partial charge in [0.1, 0.15) is 5.76 Å². The Morgan fingerprint density at radius 2 is 1.58 bits per heavy atom. The molecule has 0 aliphatic heterocycles. The first-order chi connectivity index (χ1) is 11.5. The van der Waals surface area contributed by atoms with Crippen LogP contribution in [0.2, 0.25) is 0 Å². The van der Waals surface area contributed by atoms with E-state index in [1.54, 1.807) is 0 Å². The molecular formula is C19H29O4P. The summed E-state index contributed by atoms with van der Waals surface area (Å²) in [6.07, 6.45) is 16.4. The number of hydrogen-bond acceptors (Lipinski definition) is 3. The van der Waals surface area contributed by atoms with Crippen molar-refractivity contribution in [2.24, 2.45) is 0 Å². The second kappa shape index (κ2) is 9.29. The molecule has 4 nitrogen and oxygen atoms in total. The van der Waals surface area contributed by atoms with E-state index >= 15 is 0 Å². The highest BCUT2D eigenvalue weighted by atomic mass is 31.2. The lowest BCUT2D eigenvalue weighted by atomic mass is 9.91. The van der Waals surface area contributed by atoms with Gasteiger partial charge in [-0.3, -0.25) is 0 Å². The van der Waals surface area contributed by atoms with Gasteiger partial charge in [-0.25, -0.2) is 4.57 Å². The van der Waals surface area contributed by atoms with Crippen LogP contribution in [0.4, 0.5) is 0 Å². The van der Waals surface area contributed by atoms with Gasteiger partial charge < -0.3 is 14.2 Å². The van der Waals surface area contributed by atoms with E-state index in [0.29, 0.717) is 12.2 Å². The first kappa shape index (κ1) is 19.1. The summed E-state index contributed by atoms with van der Waals surface area (Å²) in [7, 11) is -3.45. The third kappa shape index (κ3) is 6.70. The molecule has 0 fully saturated rings. The number of unbranched alkanes of at least 4 members (excludes halogenated alkanes) is 3. The van der Waals surface area contributed by atoms with Gasteiger partial charge in [0.05, 0.1) is 12.4 Å². The van der Waals surface area contributed by atoms with Crippen LogP contribution >= 0.6 is 7.60 Å². The summed E-state index contributed by atoms with van der Waals surface area (Å²) in [6.45, 7) is 4.25. The second-order valence-electron chi connectivity index (χ2n) is 6.45. The highest BCUT2D eigenvalue weighted by molar-refractivity contribution is 7.52. The van der Waals surface area contributed by atoms with Crippen LogP contribution in [0.1, 0.15) is 58.3 Å². The van der Waals surface area contributed by atoms with E-state index in [9.17, 15) is 9.46 Å². The SMILES string of the molecule is CCCCCCOC1=CC=C(C2=CC=C(OP(C)(=O)O)CC2)CC1.